The molecule has 0 unspecified atom stereocenters. The number of phenolic OH excluding ortho intramolecular Hbond substituents is 1. The number of phenols is 1. The second-order valence-electron chi connectivity index (χ2n) is 5.61. The predicted octanol–water partition coefficient (Wildman–Crippen LogP) is 3.84. The summed E-state index contributed by atoms with van der Waals surface area (Å²) in [5.74, 6) is 1.01. The van der Waals surface area contributed by atoms with Gasteiger partial charge in [-0.1, -0.05) is 29.8 Å². The number of ether oxygens (including phenoxy) is 1. The van der Waals surface area contributed by atoms with E-state index in [1.807, 2.05) is 24.3 Å². The fraction of sp³-hybridized carbons (Fsp3) is 0.111. The van der Waals surface area contributed by atoms with Crippen molar-refractivity contribution in [2.45, 2.75) is 6.54 Å². The van der Waals surface area contributed by atoms with Crippen molar-refractivity contribution in [3.63, 3.8) is 0 Å². The number of hydrogen-bond donors (Lipinski definition) is 2. The molecule has 2 heterocycles. The summed E-state index contributed by atoms with van der Waals surface area (Å²) in [7, 11) is 1.51. The summed E-state index contributed by atoms with van der Waals surface area (Å²) >= 11 is 6.04. The van der Waals surface area contributed by atoms with E-state index in [0.29, 0.717) is 34.4 Å². The molecule has 6 nitrogen and oxygen atoms in total. The van der Waals surface area contributed by atoms with Gasteiger partial charge in [0.05, 0.1) is 25.4 Å². The van der Waals surface area contributed by atoms with Gasteiger partial charge in [0.15, 0.2) is 17.1 Å². The first-order chi connectivity index (χ1) is 12.2. The van der Waals surface area contributed by atoms with Gasteiger partial charge in [-0.2, -0.15) is 5.10 Å². The largest absolute Gasteiger partial charge is 0.504 e. The first-order valence-electron chi connectivity index (χ1n) is 7.68. The highest BCUT2D eigenvalue weighted by Crippen LogP contribution is 2.36. The number of hydrogen-bond acceptors (Lipinski definition) is 4. The Bertz CT molecular complexity index is 1050. The van der Waals surface area contributed by atoms with Crippen LogP contribution in [0, 0.1) is 0 Å². The summed E-state index contributed by atoms with van der Waals surface area (Å²) in [4.78, 5) is 7.78. The number of aromatic hydroxyl groups is 1. The average Bonchev–Trinajstić information content (AvgIpc) is 3.17. The molecule has 0 saturated carbocycles. The third-order valence-corrected chi connectivity index (χ3v) is 4.21. The lowest BCUT2D eigenvalue weighted by atomic mass is 10.2. The number of nitrogens with zero attached hydrogens (tertiary/aromatic N) is 3. The molecule has 0 saturated heterocycles. The summed E-state index contributed by atoms with van der Waals surface area (Å²) in [6.45, 7) is 0.554. The number of methoxy groups -OCH3 is 1. The molecule has 126 valence electrons. The molecule has 7 heteroatoms. The van der Waals surface area contributed by atoms with E-state index in [-0.39, 0.29) is 5.75 Å². The number of aromatic amines is 1. The Morgan fingerprint density at radius 3 is 2.88 bits per heavy atom. The molecular formula is C18H15ClN4O2. The number of H-pyrrole nitrogens is 1. The van der Waals surface area contributed by atoms with Crippen molar-refractivity contribution < 1.29 is 9.84 Å². The van der Waals surface area contributed by atoms with Gasteiger partial charge in [0.25, 0.3) is 0 Å². The molecule has 0 radical (unpaired) electrons. The van der Waals surface area contributed by atoms with Gasteiger partial charge in [-0.15, -0.1) is 0 Å². The van der Waals surface area contributed by atoms with E-state index in [1.165, 1.54) is 7.11 Å². The molecule has 0 bridgehead atoms. The van der Waals surface area contributed by atoms with Crippen molar-refractivity contribution in [2.24, 2.45) is 0 Å². The van der Waals surface area contributed by atoms with E-state index in [1.54, 1.807) is 29.1 Å². The lowest BCUT2D eigenvalue weighted by Crippen LogP contribution is -2.01. The van der Waals surface area contributed by atoms with Crippen LogP contribution in [0.3, 0.4) is 0 Å². The molecule has 0 amide bonds. The smallest absolute Gasteiger partial charge is 0.177 e. The van der Waals surface area contributed by atoms with Crippen LogP contribution in [0.15, 0.2) is 48.7 Å². The first-order valence-corrected chi connectivity index (χ1v) is 8.06. The highest BCUT2D eigenvalue weighted by Gasteiger charge is 2.15. The zero-order valence-electron chi connectivity index (χ0n) is 13.4. The standard InChI is InChI=1S/C18H15ClN4O2/c1-25-15-7-3-6-13(16(15)24)17-21-14-9-20-23(18(14)22-17)10-11-4-2-5-12(19)8-11/h2-9,24H,10H2,1H3,(H,21,22). The van der Waals surface area contributed by atoms with Crippen LogP contribution < -0.4 is 4.74 Å². The fourth-order valence-corrected chi connectivity index (χ4v) is 2.99. The number of benzene rings is 2. The normalized spacial score (nSPS) is 11.1. The Morgan fingerprint density at radius 1 is 1.24 bits per heavy atom. The molecular weight excluding hydrogens is 340 g/mol. The van der Waals surface area contributed by atoms with Crippen molar-refractivity contribution >= 4 is 22.8 Å². The third-order valence-electron chi connectivity index (χ3n) is 3.98. The topological polar surface area (TPSA) is 76.0 Å². The Labute approximate surface area is 148 Å². The van der Waals surface area contributed by atoms with Crippen LogP contribution in [0.5, 0.6) is 11.5 Å². The summed E-state index contributed by atoms with van der Waals surface area (Å²) in [6, 6.07) is 12.9. The molecule has 0 aliphatic heterocycles. The van der Waals surface area contributed by atoms with Gasteiger partial charge < -0.3 is 14.8 Å². The van der Waals surface area contributed by atoms with Crippen molar-refractivity contribution in [3.05, 3.63) is 59.2 Å². The molecule has 2 aromatic heterocycles. The first kappa shape index (κ1) is 15.5. The van der Waals surface area contributed by atoms with Gasteiger partial charge in [0.2, 0.25) is 0 Å². The van der Waals surface area contributed by atoms with Crippen LogP contribution in [0.25, 0.3) is 22.6 Å². The zero-order chi connectivity index (χ0) is 17.4. The molecule has 2 N–H and O–H groups in total. The van der Waals surface area contributed by atoms with E-state index in [9.17, 15) is 5.11 Å². The highest BCUT2D eigenvalue weighted by atomic mass is 35.5. The second kappa shape index (κ2) is 6.14. The molecule has 4 rings (SSSR count). The van der Waals surface area contributed by atoms with Gasteiger partial charge in [-0.05, 0) is 29.8 Å². The van der Waals surface area contributed by atoms with Crippen molar-refractivity contribution in [1.82, 2.24) is 19.7 Å². The minimum absolute atomic E-state index is 0.0516. The molecule has 2 aromatic carbocycles. The van der Waals surface area contributed by atoms with Crippen LogP contribution in [-0.4, -0.2) is 32.0 Å². The third kappa shape index (κ3) is 2.81. The highest BCUT2D eigenvalue weighted by molar-refractivity contribution is 6.30. The summed E-state index contributed by atoms with van der Waals surface area (Å²) < 4.78 is 6.94. The average molecular weight is 355 g/mol. The number of imidazole rings is 1. The maximum atomic E-state index is 10.3. The van der Waals surface area contributed by atoms with Gasteiger partial charge >= 0.3 is 0 Å². The number of nitrogens with one attached hydrogen (secondary N) is 1. The van der Waals surface area contributed by atoms with Crippen LogP contribution in [0.1, 0.15) is 5.56 Å². The molecule has 4 aromatic rings. The van der Waals surface area contributed by atoms with Gasteiger partial charge in [0, 0.05) is 5.02 Å². The van der Waals surface area contributed by atoms with Crippen molar-refractivity contribution in [1.29, 1.82) is 0 Å². The summed E-state index contributed by atoms with van der Waals surface area (Å²) in [5, 5.41) is 15.4. The Kier molecular flexibility index (Phi) is 3.82. The van der Waals surface area contributed by atoms with Crippen LogP contribution in [-0.2, 0) is 6.54 Å². The number of para-hydroxylation sites is 1. The quantitative estimate of drug-likeness (QED) is 0.583. The van der Waals surface area contributed by atoms with Crippen LogP contribution in [0.2, 0.25) is 5.02 Å². The summed E-state index contributed by atoms with van der Waals surface area (Å²) in [6.07, 6.45) is 1.72. The monoisotopic (exact) mass is 354 g/mol. The number of aromatic nitrogens is 4. The van der Waals surface area contributed by atoms with Crippen molar-refractivity contribution in [2.75, 3.05) is 7.11 Å². The lowest BCUT2D eigenvalue weighted by molar-refractivity contribution is 0.374. The predicted molar refractivity (Wildman–Crippen MR) is 96.1 cm³/mol. The van der Waals surface area contributed by atoms with Crippen molar-refractivity contribution in [3.8, 4) is 22.9 Å². The number of halogens is 1. The maximum Gasteiger partial charge on any atom is 0.177 e. The van der Waals surface area contributed by atoms with E-state index >= 15 is 0 Å². The SMILES string of the molecule is COc1cccc(-c2nc3c(cnn3Cc3cccc(Cl)c3)[nH]2)c1O. The number of rotatable bonds is 4. The number of fused-ring (bicyclic) bond motifs is 1. The molecule has 0 spiro atoms. The Balaban J connectivity index is 1.74. The molecule has 0 aliphatic carbocycles. The second-order valence-corrected chi connectivity index (χ2v) is 6.05. The Hall–Kier alpha value is -2.99. The van der Waals surface area contributed by atoms with Gasteiger partial charge in [-0.3, -0.25) is 0 Å². The van der Waals surface area contributed by atoms with Crippen LogP contribution in [0.4, 0.5) is 0 Å². The summed E-state index contributed by atoms with van der Waals surface area (Å²) in [5.41, 5.74) is 3.10. The maximum absolute atomic E-state index is 10.3. The van der Waals surface area contributed by atoms with E-state index in [4.69, 9.17) is 16.3 Å². The zero-order valence-corrected chi connectivity index (χ0v) is 14.2. The van der Waals surface area contributed by atoms with Gasteiger partial charge in [-0.25, -0.2) is 9.67 Å². The minimum Gasteiger partial charge on any atom is -0.504 e. The van der Waals surface area contributed by atoms with E-state index in [2.05, 4.69) is 15.1 Å². The van der Waals surface area contributed by atoms with E-state index in [0.717, 1.165) is 11.1 Å². The fourth-order valence-electron chi connectivity index (χ4n) is 2.78. The van der Waals surface area contributed by atoms with Crippen LogP contribution >= 0.6 is 11.6 Å². The lowest BCUT2D eigenvalue weighted by Gasteiger charge is -2.06. The Morgan fingerprint density at radius 2 is 2.08 bits per heavy atom. The molecule has 25 heavy (non-hydrogen) atoms. The minimum atomic E-state index is 0.0516. The molecule has 0 aliphatic rings. The van der Waals surface area contributed by atoms with E-state index < -0.39 is 0 Å². The molecule has 0 atom stereocenters. The molecule has 0 fully saturated rings. The van der Waals surface area contributed by atoms with Gasteiger partial charge in [0.1, 0.15) is 11.3 Å².